The van der Waals surface area contributed by atoms with Crippen molar-refractivity contribution in [2.24, 2.45) is 5.92 Å². The first-order valence-electron chi connectivity index (χ1n) is 8.12. The van der Waals surface area contributed by atoms with Crippen LogP contribution in [-0.2, 0) is 19.1 Å². The average Bonchev–Trinajstić information content (AvgIpc) is 2.55. The molecule has 1 aliphatic heterocycles. The van der Waals surface area contributed by atoms with E-state index in [1.165, 1.54) is 19.1 Å². The van der Waals surface area contributed by atoms with Crippen molar-refractivity contribution in [1.29, 1.82) is 0 Å². The molecule has 0 bridgehead atoms. The number of carbonyl (C=O) groups is 3. The number of ketones is 2. The van der Waals surface area contributed by atoms with Crippen molar-refractivity contribution in [3.63, 3.8) is 0 Å². The van der Waals surface area contributed by atoms with Crippen molar-refractivity contribution in [3.05, 3.63) is 40.1 Å². The van der Waals surface area contributed by atoms with Crippen molar-refractivity contribution in [2.45, 2.75) is 20.8 Å². The number of cyclic esters (lactones) is 1. The molecule has 1 aromatic rings. The highest BCUT2D eigenvalue weighted by atomic mass is 79.9. The molecule has 0 radical (unpaired) electrons. The van der Waals surface area contributed by atoms with Crippen LogP contribution < -0.4 is 9.47 Å². The van der Waals surface area contributed by atoms with Crippen LogP contribution in [0.15, 0.2) is 34.5 Å². The molecule has 1 aromatic carbocycles. The Morgan fingerprint density at radius 2 is 1.92 bits per heavy atom. The Labute approximate surface area is 159 Å². The van der Waals surface area contributed by atoms with E-state index in [2.05, 4.69) is 15.9 Å². The summed E-state index contributed by atoms with van der Waals surface area (Å²) in [5.41, 5.74) is 0.653. The molecule has 6 nitrogen and oxygen atoms in total. The summed E-state index contributed by atoms with van der Waals surface area (Å²) < 4.78 is 16.7. The van der Waals surface area contributed by atoms with Gasteiger partial charge in [0.1, 0.15) is 5.76 Å². The van der Waals surface area contributed by atoms with Gasteiger partial charge in [-0.1, -0.05) is 6.08 Å². The fourth-order valence-corrected chi connectivity index (χ4v) is 2.98. The van der Waals surface area contributed by atoms with E-state index in [4.69, 9.17) is 14.2 Å². The molecule has 7 heteroatoms. The molecular formula is C19H19BrO6. The van der Waals surface area contributed by atoms with E-state index in [0.29, 0.717) is 34.7 Å². The molecule has 0 saturated heterocycles. The fraction of sp³-hybridized carbons (Fsp3) is 0.316. The lowest BCUT2D eigenvalue weighted by Gasteiger charge is -2.16. The van der Waals surface area contributed by atoms with Crippen LogP contribution in [0.1, 0.15) is 26.3 Å². The molecule has 0 spiro atoms. The number of rotatable bonds is 7. The molecule has 0 N–H and O–H groups in total. The molecule has 26 heavy (non-hydrogen) atoms. The molecule has 1 heterocycles. The van der Waals surface area contributed by atoms with E-state index >= 15 is 0 Å². The number of halogens is 1. The Hall–Kier alpha value is -2.41. The summed E-state index contributed by atoms with van der Waals surface area (Å²) >= 11 is 3.42. The zero-order valence-electron chi connectivity index (χ0n) is 14.7. The molecule has 0 amide bonds. The van der Waals surface area contributed by atoms with Gasteiger partial charge in [-0.15, -0.1) is 0 Å². The van der Waals surface area contributed by atoms with Gasteiger partial charge in [0.25, 0.3) is 0 Å². The summed E-state index contributed by atoms with van der Waals surface area (Å²) in [5.74, 6) is -2.22. The number of esters is 1. The minimum atomic E-state index is -1.45. The van der Waals surface area contributed by atoms with Crippen LogP contribution in [0.2, 0.25) is 0 Å². The Morgan fingerprint density at radius 3 is 2.54 bits per heavy atom. The summed E-state index contributed by atoms with van der Waals surface area (Å²) in [4.78, 5) is 36.0. The third-order valence-electron chi connectivity index (χ3n) is 3.47. The van der Waals surface area contributed by atoms with E-state index in [9.17, 15) is 14.4 Å². The highest BCUT2D eigenvalue weighted by Gasteiger charge is 2.36. The van der Waals surface area contributed by atoms with Crippen LogP contribution in [0.4, 0.5) is 0 Å². The van der Waals surface area contributed by atoms with Gasteiger partial charge in [0.15, 0.2) is 29.0 Å². The summed E-state index contributed by atoms with van der Waals surface area (Å²) in [6, 6.07) is 3.47. The molecule has 2 rings (SSSR count). The second-order valence-electron chi connectivity index (χ2n) is 5.44. The SMILES string of the molecule is CCOc1cc(/C=C/C(=O)C2C(=O)C=C(C)OC2=O)cc(Br)c1OCC. The molecular weight excluding hydrogens is 404 g/mol. The van der Waals surface area contributed by atoms with Gasteiger partial charge in [-0.05, 0) is 60.5 Å². The summed E-state index contributed by atoms with van der Waals surface area (Å²) in [6.45, 7) is 6.13. The molecule has 0 aliphatic carbocycles. The third kappa shape index (κ3) is 4.60. The average molecular weight is 423 g/mol. The summed E-state index contributed by atoms with van der Waals surface area (Å²) in [6.07, 6.45) is 3.85. The predicted molar refractivity (Wildman–Crippen MR) is 98.9 cm³/mol. The van der Waals surface area contributed by atoms with E-state index in [-0.39, 0.29) is 5.76 Å². The zero-order chi connectivity index (χ0) is 19.3. The minimum absolute atomic E-state index is 0.185. The first-order chi connectivity index (χ1) is 12.4. The van der Waals surface area contributed by atoms with E-state index < -0.39 is 23.5 Å². The summed E-state index contributed by atoms with van der Waals surface area (Å²) in [7, 11) is 0. The Bertz CT molecular complexity index is 793. The second kappa shape index (κ2) is 8.80. The number of carbonyl (C=O) groups excluding carboxylic acids is 3. The lowest BCUT2D eigenvalue weighted by Crippen LogP contribution is -2.34. The monoisotopic (exact) mass is 422 g/mol. The maximum atomic E-state index is 12.3. The standard InChI is InChI=1S/C19H19BrO6/c1-4-24-16-10-12(9-13(20)18(16)25-5-2)6-7-14(21)17-15(22)8-11(3)26-19(17)23/h6-10,17H,4-5H2,1-3H3/b7-6+. The van der Waals surface area contributed by atoms with Crippen molar-refractivity contribution in [2.75, 3.05) is 13.2 Å². The lowest BCUT2D eigenvalue weighted by molar-refractivity contribution is -0.151. The number of benzene rings is 1. The van der Waals surface area contributed by atoms with Gasteiger partial charge in [0.05, 0.1) is 17.7 Å². The third-order valence-corrected chi connectivity index (χ3v) is 4.06. The molecule has 0 aromatic heterocycles. The van der Waals surface area contributed by atoms with Crippen LogP contribution in [0.5, 0.6) is 11.5 Å². The highest BCUT2D eigenvalue weighted by Crippen LogP contribution is 2.37. The van der Waals surface area contributed by atoms with Crippen LogP contribution in [0.3, 0.4) is 0 Å². The fourth-order valence-electron chi connectivity index (χ4n) is 2.41. The molecule has 0 fully saturated rings. The van der Waals surface area contributed by atoms with E-state index in [1.54, 1.807) is 12.1 Å². The first-order valence-corrected chi connectivity index (χ1v) is 8.91. The van der Waals surface area contributed by atoms with Crippen molar-refractivity contribution in [3.8, 4) is 11.5 Å². The van der Waals surface area contributed by atoms with Gasteiger partial charge in [0.2, 0.25) is 0 Å². The number of ether oxygens (including phenoxy) is 3. The molecule has 1 aliphatic rings. The Morgan fingerprint density at radius 1 is 1.23 bits per heavy atom. The van der Waals surface area contributed by atoms with Gasteiger partial charge in [-0.3, -0.25) is 14.4 Å². The molecule has 138 valence electrons. The van der Waals surface area contributed by atoms with Crippen molar-refractivity contribution >= 4 is 39.5 Å². The van der Waals surface area contributed by atoms with Crippen molar-refractivity contribution < 1.29 is 28.6 Å². The Kier molecular flexibility index (Phi) is 6.74. The Balaban J connectivity index is 2.25. The van der Waals surface area contributed by atoms with Gasteiger partial charge in [-0.25, -0.2) is 0 Å². The summed E-state index contributed by atoms with van der Waals surface area (Å²) in [5, 5.41) is 0. The van der Waals surface area contributed by atoms with E-state index in [1.807, 2.05) is 13.8 Å². The minimum Gasteiger partial charge on any atom is -0.490 e. The van der Waals surface area contributed by atoms with Crippen LogP contribution >= 0.6 is 15.9 Å². The van der Waals surface area contributed by atoms with Crippen molar-refractivity contribution in [1.82, 2.24) is 0 Å². The number of allylic oxidation sites excluding steroid dienone is 3. The predicted octanol–water partition coefficient (Wildman–Crippen LogP) is 3.47. The quantitative estimate of drug-likeness (QED) is 0.380. The number of hydrogen-bond acceptors (Lipinski definition) is 6. The van der Waals surface area contributed by atoms with Gasteiger partial charge >= 0.3 is 5.97 Å². The molecule has 1 unspecified atom stereocenters. The second-order valence-corrected chi connectivity index (χ2v) is 6.30. The lowest BCUT2D eigenvalue weighted by atomic mass is 9.96. The van der Waals surface area contributed by atoms with Gasteiger partial charge in [0, 0.05) is 6.08 Å². The van der Waals surface area contributed by atoms with Crippen LogP contribution in [0.25, 0.3) is 6.08 Å². The molecule has 0 saturated carbocycles. The number of hydrogen-bond donors (Lipinski definition) is 0. The maximum absolute atomic E-state index is 12.3. The largest absolute Gasteiger partial charge is 0.490 e. The highest BCUT2D eigenvalue weighted by molar-refractivity contribution is 9.10. The molecule has 1 atom stereocenters. The van der Waals surface area contributed by atoms with Crippen LogP contribution in [-0.4, -0.2) is 30.7 Å². The normalized spacial score (nSPS) is 17.1. The van der Waals surface area contributed by atoms with Gasteiger partial charge in [-0.2, -0.15) is 0 Å². The van der Waals surface area contributed by atoms with E-state index in [0.717, 1.165) is 6.08 Å². The topological polar surface area (TPSA) is 78.9 Å². The van der Waals surface area contributed by atoms with Gasteiger partial charge < -0.3 is 14.2 Å². The van der Waals surface area contributed by atoms with Crippen LogP contribution in [0, 0.1) is 5.92 Å². The maximum Gasteiger partial charge on any atom is 0.329 e. The zero-order valence-corrected chi connectivity index (χ0v) is 16.3. The first kappa shape index (κ1) is 19.9. The smallest absolute Gasteiger partial charge is 0.329 e.